The summed E-state index contributed by atoms with van der Waals surface area (Å²) >= 11 is 0. The minimum atomic E-state index is -1.67. The molecule has 0 aliphatic carbocycles. The van der Waals surface area contributed by atoms with Crippen LogP contribution in [0.3, 0.4) is 0 Å². The van der Waals surface area contributed by atoms with Gasteiger partial charge in [-0.3, -0.25) is 19.8 Å². The van der Waals surface area contributed by atoms with E-state index in [1.54, 1.807) is 0 Å². The van der Waals surface area contributed by atoms with Gasteiger partial charge in [0.1, 0.15) is 0 Å². The molecular formula is C7H12N4O3. The average Bonchev–Trinajstić information content (AvgIpc) is 2.42. The second-order valence-electron chi connectivity index (χ2n) is 2.87. The number of hydrogen-bond acceptors (Lipinski definition) is 4. The number of hydrogen-bond donors (Lipinski definition) is 3. The van der Waals surface area contributed by atoms with Crippen molar-refractivity contribution in [3.05, 3.63) is 0 Å². The van der Waals surface area contributed by atoms with Crippen molar-refractivity contribution in [3.8, 4) is 0 Å². The molecule has 0 radical (unpaired) electrons. The van der Waals surface area contributed by atoms with Crippen LogP contribution in [0.15, 0.2) is 0 Å². The number of urea groups is 1. The monoisotopic (exact) mass is 200 g/mol. The summed E-state index contributed by atoms with van der Waals surface area (Å²) in [5, 5.41) is 7.09. The van der Waals surface area contributed by atoms with Gasteiger partial charge in [0, 0.05) is 14.1 Å². The van der Waals surface area contributed by atoms with E-state index in [0.29, 0.717) is 0 Å². The fourth-order valence-corrected chi connectivity index (χ4v) is 1.27. The van der Waals surface area contributed by atoms with E-state index in [9.17, 15) is 14.4 Å². The topological polar surface area (TPSA) is 90.5 Å². The fraction of sp³-hybridized carbons (Fsp3) is 0.571. The summed E-state index contributed by atoms with van der Waals surface area (Å²) in [4.78, 5) is 35.0. The molecule has 14 heavy (non-hydrogen) atoms. The van der Waals surface area contributed by atoms with E-state index in [-0.39, 0.29) is 0 Å². The molecule has 1 saturated heterocycles. The summed E-state index contributed by atoms with van der Waals surface area (Å²) in [5.41, 5.74) is -1.67. The van der Waals surface area contributed by atoms with Crippen LogP contribution in [0, 0.1) is 0 Å². The molecule has 0 aromatic heterocycles. The number of nitrogens with one attached hydrogen (secondary N) is 3. The number of rotatable bonds is 2. The van der Waals surface area contributed by atoms with Gasteiger partial charge in [-0.1, -0.05) is 0 Å². The quantitative estimate of drug-likeness (QED) is 0.349. The number of amides is 4. The third-order valence-corrected chi connectivity index (χ3v) is 2.17. The number of likely N-dealkylation sites (N-methyl/N-ethyl adjacent to an activating group) is 3. The number of imide groups is 1. The molecule has 1 aliphatic heterocycles. The van der Waals surface area contributed by atoms with Gasteiger partial charge in [0.05, 0.1) is 0 Å². The van der Waals surface area contributed by atoms with Crippen LogP contribution >= 0.6 is 0 Å². The second kappa shape index (κ2) is 3.26. The summed E-state index contributed by atoms with van der Waals surface area (Å²) in [6.07, 6.45) is 0. The first-order chi connectivity index (χ1) is 6.49. The summed E-state index contributed by atoms with van der Waals surface area (Å²) in [6, 6.07) is -0.604. The number of nitrogens with zero attached hydrogens (tertiary/aromatic N) is 1. The molecule has 1 heterocycles. The second-order valence-corrected chi connectivity index (χ2v) is 2.87. The van der Waals surface area contributed by atoms with Gasteiger partial charge in [0.15, 0.2) is 0 Å². The third-order valence-electron chi connectivity index (χ3n) is 2.17. The molecule has 0 spiro atoms. The molecule has 1 rings (SSSR count). The zero-order valence-corrected chi connectivity index (χ0v) is 8.17. The zero-order valence-electron chi connectivity index (χ0n) is 8.17. The predicted octanol–water partition coefficient (Wildman–Crippen LogP) is -2.17. The van der Waals surface area contributed by atoms with E-state index in [0.717, 1.165) is 4.90 Å². The Balaban J connectivity index is 3.09. The van der Waals surface area contributed by atoms with Crippen LogP contribution in [0.25, 0.3) is 0 Å². The van der Waals surface area contributed by atoms with Crippen molar-refractivity contribution in [2.24, 2.45) is 0 Å². The van der Waals surface area contributed by atoms with Crippen LogP contribution in [0.1, 0.15) is 0 Å². The van der Waals surface area contributed by atoms with Gasteiger partial charge in [-0.25, -0.2) is 4.79 Å². The Morgan fingerprint density at radius 1 is 1.43 bits per heavy atom. The smallest absolute Gasteiger partial charge is 0.326 e. The van der Waals surface area contributed by atoms with Crippen molar-refractivity contribution in [3.63, 3.8) is 0 Å². The van der Waals surface area contributed by atoms with E-state index in [1.165, 1.54) is 21.1 Å². The molecule has 7 nitrogen and oxygen atoms in total. The molecule has 1 aliphatic rings. The summed E-state index contributed by atoms with van der Waals surface area (Å²) < 4.78 is 0. The van der Waals surface area contributed by atoms with Gasteiger partial charge < -0.3 is 10.6 Å². The predicted molar refractivity (Wildman–Crippen MR) is 47.2 cm³/mol. The van der Waals surface area contributed by atoms with Gasteiger partial charge in [0.25, 0.3) is 17.5 Å². The van der Waals surface area contributed by atoms with E-state index >= 15 is 0 Å². The van der Waals surface area contributed by atoms with E-state index < -0.39 is 23.5 Å². The first-order valence-corrected chi connectivity index (χ1v) is 4.01. The lowest BCUT2D eigenvalue weighted by Gasteiger charge is -2.23. The van der Waals surface area contributed by atoms with Crippen molar-refractivity contribution in [1.29, 1.82) is 0 Å². The molecule has 0 aromatic rings. The highest BCUT2D eigenvalue weighted by Crippen LogP contribution is 2.13. The molecular weight excluding hydrogens is 188 g/mol. The summed E-state index contributed by atoms with van der Waals surface area (Å²) in [7, 11) is 4.12. The van der Waals surface area contributed by atoms with E-state index in [1.807, 2.05) is 0 Å². The number of carbonyl (C=O) groups excluding carboxylic acids is 3. The van der Waals surface area contributed by atoms with Gasteiger partial charge in [-0.05, 0) is 7.05 Å². The summed E-state index contributed by atoms with van der Waals surface area (Å²) in [5.74, 6) is -1.22. The Labute approximate surface area is 80.8 Å². The van der Waals surface area contributed by atoms with E-state index in [2.05, 4.69) is 16.0 Å². The molecule has 0 bridgehead atoms. The number of carbonyl (C=O) groups is 3. The van der Waals surface area contributed by atoms with Gasteiger partial charge in [0.2, 0.25) is 0 Å². The van der Waals surface area contributed by atoms with E-state index in [4.69, 9.17) is 0 Å². The molecule has 4 amide bonds. The van der Waals surface area contributed by atoms with Crippen molar-refractivity contribution < 1.29 is 14.4 Å². The largest absolute Gasteiger partial charge is 0.355 e. The SMILES string of the molecule is CNC(=O)[C@@]1(NC)NC(=O)N(C)C1=O. The fourth-order valence-electron chi connectivity index (χ4n) is 1.27. The molecule has 0 aromatic carbocycles. The standard InChI is InChI=1S/C7H12N4O3/c1-8-4(12)7(9-2)5(13)11(3)6(14)10-7/h9H,1-3H3,(H,8,12)(H,10,14)/t7-/m1/s1. The van der Waals surface area contributed by atoms with Crippen LogP contribution in [0.2, 0.25) is 0 Å². The summed E-state index contributed by atoms with van der Waals surface area (Å²) in [6.45, 7) is 0. The van der Waals surface area contributed by atoms with Gasteiger partial charge in [-0.15, -0.1) is 0 Å². The molecule has 0 unspecified atom stereocenters. The highest BCUT2D eigenvalue weighted by atomic mass is 16.2. The lowest BCUT2D eigenvalue weighted by Crippen LogP contribution is -2.66. The Morgan fingerprint density at radius 2 is 2.00 bits per heavy atom. The minimum Gasteiger partial charge on any atom is -0.355 e. The van der Waals surface area contributed by atoms with Crippen LogP contribution in [0.4, 0.5) is 4.79 Å². The van der Waals surface area contributed by atoms with Crippen LogP contribution < -0.4 is 16.0 Å². The van der Waals surface area contributed by atoms with Crippen LogP contribution in [0.5, 0.6) is 0 Å². The van der Waals surface area contributed by atoms with Crippen LogP contribution in [-0.4, -0.2) is 49.6 Å². The molecule has 1 atom stereocenters. The highest BCUT2D eigenvalue weighted by molar-refractivity contribution is 6.19. The third kappa shape index (κ3) is 1.13. The van der Waals surface area contributed by atoms with Crippen molar-refractivity contribution in [2.75, 3.05) is 21.1 Å². The average molecular weight is 200 g/mol. The lowest BCUT2D eigenvalue weighted by atomic mass is 10.1. The van der Waals surface area contributed by atoms with Gasteiger partial charge in [-0.2, -0.15) is 0 Å². The van der Waals surface area contributed by atoms with Crippen molar-refractivity contribution >= 4 is 17.8 Å². The maximum Gasteiger partial charge on any atom is 0.326 e. The molecule has 7 heteroatoms. The zero-order chi connectivity index (χ0) is 10.9. The lowest BCUT2D eigenvalue weighted by molar-refractivity contribution is -0.140. The van der Waals surface area contributed by atoms with Crippen molar-refractivity contribution in [1.82, 2.24) is 20.9 Å². The Morgan fingerprint density at radius 3 is 2.29 bits per heavy atom. The first-order valence-electron chi connectivity index (χ1n) is 4.01. The minimum absolute atomic E-state index is 0.595. The normalized spacial score (nSPS) is 26.4. The molecule has 78 valence electrons. The molecule has 3 N–H and O–H groups in total. The highest BCUT2D eigenvalue weighted by Gasteiger charge is 2.54. The Bertz CT molecular complexity index is 303. The maximum absolute atomic E-state index is 11.6. The van der Waals surface area contributed by atoms with Crippen molar-refractivity contribution in [2.45, 2.75) is 5.66 Å². The molecule has 0 saturated carbocycles. The Kier molecular flexibility index (Phi) is 2.43. The Hall–Kier alpha value is -1.63. The molecule has 1 fully saturated rings. The van der Waals surface area contributed by atoms with Gasteiger partial charge >= 0.3 is 6.03 Å². The maximum atomic E-state index is 11.6. The van der Waals surface area contributed by atoms with Crippen LogP contribution in [-0.2, 0) is 9.59 Å². The first kappa shape index (κ1) is 10.5.